The van der Waals surface area contributed by atoms with E-state index in [-0.39, 0.29) is 17.0 Å². The predicted octanol–water partition coefficient (Wildman–Crippen LogP) is 6.17. The van der Waals surface area contributed by atoms with Crippen molar-refractivity contribution < 1.29 is 9.18 Å². The van der Waals surface area contributed by atoms with Crippen molar-refractivity contribution in [3.05, 3.63) is 65.5 Å². The van der Waals surface area contributed by atoms with Gasteiger partial charge in [-0.2, -0.15) is 16.4 Å². The second kappa shape index (κ2) is 8.97. The summed E-state index contributed by atoms with van der Waals surface area (Å²) in [6.07, 6.45) is 5.70. The van der Waals surface area contributed by atoms with Crippen molar-refractivity contribution in [3.63, 3.8) is 0 Å². The molecule has 5 heterocycles. The van der Waals surface area contributed by atoms with Gasteiger partial charge in [0.1, 0.15) is 11.4 Å². The number of nitrogens with zero attached hydrogens (tertiary/aromatic N) is 4. The van der Waals surface area contributed by atoms with Gasteiger partial charge in [0.05, 0.1) is 40.0 Å². The first kappa shape index (κ1) is 22.1. The highest BCUT2D eigenvalue weighted by Crippen LogP contribution is 2.35. The molecule has 0 spiro atoms. The van der Waals surface area contributed by atoms with Gasteiger partial charge >= 0.3 is 0 Å². The molecule has 6 aromatic rings. The lowest BCUT2D eigenvalue weighted by Gasteiger charge is -2.07. The van der Waals surface area contributed by atoms with Crippen molar-refractivity contribution in [1.29, 1.82) is 0 Å². The van der Waals surface area contributed by atoms with Gasteiger partial charge in [0, 0.05) is 23.7 Å². The molecule has 3 N–H and O–H groups in total. The van der Waals surface area contributed by atoms with Gasteiger partial charge in [0.25, 0.3) is 0 Å². The maximum Gasteiger partial charge on any atom is 0.224 e. The third-order valence-electron chi connectivity index (χ3n) is 5.89. The number of carbonyl (C=O) groups is 1. The number of H-pyrrole nitrogens is 2. The van der Waals surface area contributed by atoms with Crippen molar-refractivity contribution >= 4 is 44.9 Å². The smallest absolute Gasteiger partial charge is 0.224 e. The number of hydrogen-bond donors (Lipinski definition) is 3. The van der Waals surface area contributed by atoms with Gasteiger partial charge in [0.2, 0.25) is 5.91 Å². The number of aromatic nitrogens is 6. The molecule has 0 unspecified atom stereocenters. The minimum absolute atomic E-state index is 0.110. The lowest BCUT2D eigenvalue weighted by Crippen LogP contribution is -2.10. The summed E-state index contributed by atoms with van der Waals surface area (Å²) in [6.45, 7) is 1.93. The summed E-state index contributed by atoms with van der Waals surface area (Å²) in [7, 11) is 0. The second-order valence-electron chi connectivity index (χ2n) is 8.34. The van der Waals surface area contributed by atoms with Gasteiger partial charge in [-0.05, 0) is 40.9 Å². The average Bonchev–Trinajstić information content (AvgIpc) is 3.63. The number of hydrogen-bond acceptors (Lipinski definition) is 6. The predicted molar refractivity (Wildman–Crippen MR) is 139 cm³/mol. The number of imidazole rings is 1. The molecular weight excluding hydrogens is 477 g/mol. The van der Waals surface area contributed by atoms with Crippen molar-refractivity contribution in [2.24, 2.45) is 0 Å². The molecule has 1 amide bonds. The molecule has 1 aromatic carbocycles. The molecule has 0 aliphatic carbocycles. The summed E-state index contributed by atoms with van der Waals surface area (Å²) in [5, 5.41) is 14.4. The number of benzene rings is 1. The topological polar surface area (TPSA) is 112 Å². The minimum atomic E-state index is -0.548. The summed E-state index contributed by atoms with van der Waals surface area (Å²) in [5.41, 5.74) is 5.54. The van der Waals surface area contributed by atoms with Crippen LogP contribution < -0.4 is 5.32 Å². The van der Waals surface area contributed by atoms with Crippen molar-refractivity contribution in [2.45, 2.75) is 19.8 Å². The van der Waals surface area contributed by atoms with Crippen LogP contribution in [0.1, 0.15) is 19.8 Å². The molecule has 0 saturated heterocycles. The largest absolute Gasteiger partial charge is 0.337 e. The zero-order chi connectivity index (χ0) is 24.6. The van der Waals surface area contributed by atoms with E-state index in [1.165, 1.54) is 18.6 Å². The molecule has 6 rings (SSSR count). The van der Waals surface area contributed by atoms with Crippen LogP contribution in [0.2, 0.25) is 0 Å². The summed E-state index contributed by atoms with van der Waals surface area (Å²) >= 11 is 1.62. The highest BCUT2D eigenvalue weighted by atomic mass is 32.1. The third kappa shape index (κ3) is 3.81. The quantitative estimate of drug-likeness (QED) is 0.255. The van der Waals surface area contributed by atoms with E-state index in [0.717, 1.165) is 28.6 Å². The second-order valence-corrected chi connectivity index (χ2v) is 9.12. The number of halogens is 1. The zero-order valence-corrected chi connectivity index (χ0v) is 20.0. The van der Waals surface area contributed by atoms with E-state index in [0.29, 0.717) is 34.7 Å². The Morgan fingerprint density at radius 1 is 1.11 bits per heavy atom. The number of rotatable bonds is 6. The first-order chi connectivity index (χ1) is 17.6. The Morgan fingerprint density at radius 3 is 2.86 bits per heavy atom. The van der Waals surface area contributed by atoms with E-state index in [9.17, 15) is 4.79 Å². The van der Waals surface area contributed by atoms with Crippen LogP contribution in [-0.4, -0.2) is 36.0 Å². The molecule has 178 valence electrons. The lowest BCUT2D eigenvalue weighted by molar-refractivity contribution is -0.116. The zero-order valence-electron chi connectivity index (χ0n) is 19.2. The lowest BCUT2D eigenvalue weighted by atomic mass is 10.1. The Hall–Kier alpha value is -4.44. The van der Waals surface area contributed by atoms with E-state index in [1.54, 1.807) is 17.4 Å². The summed E-state index contributed by atoms with van der Waals surface area (Å²) in [4.78, 5) is 28.5. The van der Waals surface area contributed by atoms with E-state index < -0.39 is 5.82 Å². The number of aromatic amines is 2. The molecule has 0 radical (unpaired) electrons. The van der Waals surface area contributed by atoms with Crippen molar-refractivity contribution in [3.8, 4) is 33.9 Å². The fraction of sp³-hybridized carbons (Fsp3) is 0.115. The molecule has 0 saturated carbocycles. The monoisotopic (exact) mass is 497 g/mol. The van der Waals surface area contributed by atoms with E-state index in [4.69, 9.17) is 4.98 Å². The van der Waals surface area contributed by atoms with E-state index in [2.05, 4.69) is 35.8 Å². The van der Waals surface area contributed by atoms with Gasteiger partial charge < -0.3 is 10.3 Å². The molecular formula is C26H20FN7OS. The molecule has 0 aliphatic heterocycles. The SMILES string of the molecule is CCCC(=O)Nc1cncc(-c2ncc3[nH]nc(-c4nc5c(-c6ccsc6)cccc5[nH]4)c3c2F)c1. The maximum absolute atomic E-state index is 15.9. The fourth-order valence-corrected chi connectivity index (χ4v) is 4.89. The fourth-order valence-electron chi connectivity index (χ4n) is 4.23. The van der Waals surface area contributed by atoms with E-state index in [1.807, 2.05) is 36.6 Å². The highest BCUT2D eigenvalue weighted by molar-refractivity contribution is 7.08. The summed E-state index contributed by atoms with van der Waals surface area (Å²) in [5.74, 6) is -0.216. The number of nitrogens with one attached hydrogen (secondary N) is 3. The first-order valence-electron chi connectivity index (χ1n) is 11.4. The van der Waals surface area contributed by atoms with Crippen LogP contribution in [0, 0.1) is 5.82 Å². The Morgan fingerprint density at radius 2 is 2.03 bits per heavy atom. The Bertz CT molecular complexity index is 1720. The molecule has 0 atom stereocenters. The van der Waals surface area contributed by atoms with Gasteiger partial charge in [-0.3, -0.25) is 19.9 Å². The van der Waals surface area contributed by atoms with Crippen LogP contribution in [0.5, 0.6) is 0 Å². The van der Waals surface area contributed by atoms with Crippen LogP contribution in [0.4, 0.5) is 10.1 Å². The van der Waals surface area contributed by atoms with Crippen LogP contribution in [0.3, 0.4) is 0 Å². The van der Waals surface area contributed by atoms with Crippen molar-refractivity contribution in [2.75, 3.05) is 5.32 Å². The number of pyridine rings is 2. The standard InChI is InChI=1S/C26H20FN7OS/c1-2-4-20(35)30-16-9-15(10-28-11-16)23-22(27)21-19(12-29-23)33-34-25(21)26-31-18-6-3-5-17(24(18)32-26)14-7-8-36-13-14/h3,5-13H,2,4H2,1H3,(H,30,35)(H,31,32)(H,33,34). The number of anilines is 1. The van der Waals surface area contributed by atoms with Crippen LogP contribution in [0.25, 0.3) is 55.8 Å². The van der Waals surface area contributed by atoms with Crippen LogP contribution in [0.15, 0.2) is 59.7 Å². The number of amides is 1. The minimum Gasteiger partial charge on any atom is -0.337 e. The highest BCUT2D eigenvalue weighted by Gasteiger charge is 2.21. The Labute approximate surface area is 208 Å². The molecule has 0 aliphatic rings. The van der Waals surface area contributed by atoms with Crippen LogP contribution in [-0.2, 0) is 4.79 Å². The molecule has 5 aromatic heterocycles. The maximum atomic E-state index is 15.9. The number of fused-ring (bicyclic) bond motifs is 2. The average molecular weight is 498 g/mol. The number of carbonyl (C=O) groups excluding carboxylic acids is 1. The summed E-state index contributed by atoms with van der Waals surface area (Å²) in [6, 6.07) is 9.61. The molecule has 8 nitrogen and oxygen atoms in total. The summed E-state index contributed by atoms with van der Waals surface area (Å²) < 4.78 is 15.9. The molecule has 0 fully saturated rings. The normalized spacial score (nSPS) is 11.4. The van der Waals surface area contributed by atoms with Gasteiger partial charge in [0.15, 0.2) is 11.6 Å². The molecule has 36 heavy (non-hydrogen) atoms. The Balaban J connectivity index is 1.44. The van der Waals surface area contributed by atoms with E-state index >= 15 is 4.39 Å². The van der Waals surface area contributed by atoms with Gasteiger partial charge in [-0.1, -0.05) is 19.1 Å². The van der Waals surface area contributed by atoms with Crippen molar-refractivity contribution in [1.82, 2.24) is 30.1 Å². The molecule has 0 bridgehead atoms. The number of para-hydroxylation sites is 1. The number of thiophene rings is 1. The van der Waals surface area contributed by atoms with Crippen LogP contribution >= 0.6 is 11.3 Å². The third-order valence-corrected chi connectivity index (χ3v) is 6.57. The molecule has 10 heteroatoms. The first-order valence-corrected chi connectivity index (χ1v) is 12.4. The Kier molecular flexibility index (Phi) is 5.49. The van der Waals surface area contributed by atoms with Gasteiger partial charge in [-0.25, -0.2) is 9.37 Å². The van der Waals surface area contributed by atoms with Gasteiger partial charge in [-0.15, -0.1) is 0 Å².